The van der Waals surface area contributed by atoms with Crippen LogP contribution < -0.4 is 4.18 Å². The molecule has 0 heterocycles. The van der Waals surface area contributed by atoms with E-state index in [1.54, 1.807) is 4.63 Å². The molecule has 1 aromatic rings. The molecule has 0 spiro atoms. The molecule has 0 unspecified atom stereocenters. The van der Waals surface area contributed by atoms with Gasteiger partial charge in [0, 0.05) is 10.7 Å². The van der Waals surface area contributed by atoms with Gasteiger partial charge < -0.3 is 0 Å². The second-order valence-corrected chi connectivity index (χ2v) is 19.9. The Morgan fingerprint density at radius 3 is 1.96 bits per heavy atom. The van der Waals surface area contributed by atoms with E-state index in [1.807, 2.05) is 26.0 Å². The van der Waals surface area contributed by atoms with Gasteiger partial charge in [0.2, 0.25) is 9.05 Å². The van der Waals surface area contributed by atoms with Gasteiger partial charge in [0.1, 0.15) is 0 Å². The zero-order valence-corrected chi connectivity index (χ0v) is 19.7. The first-order valence-electron chi connectivity index (χ1n) is 6.63. The van der Waals surface area contributed by atoms with Gasteiger partial charge >= 0.3 is 119 Å². The first-order chi connectivity index (χ1) is 10.4. The summed E-state index contributed by atoms with van der Waals surface area (Å²) < 4.78 is 48.8. The molecular formula is C13H22BiClO6S2. The van der Waals surface area contributed by atoms with Crippen LogP contribution in [0.25, 0.3) is 0 Å². The van der Waals surface area contributed by atoms with Crippen molar-refractivity contribution in [1.82, 2.24) is 0 Å². The summed E-state index contributed by atoms with van der Waals surface area (Å²) in [5, 5.41) is 8.81. The van der Waals surface area contributed by atoms with E-state index in [0.717, 1.165) is 29.4 Å². The third kappa shape index (κ3) is 11.3. The number of hydrogen-bond donors (Lipinski definition) is 1. The van der Waals surface area contributed by atoms with Crippen LogP contribution in [-0.2, 0) is 22.3 Å². The second-order valence-electron chi connectivity index (χ2n) is 4.81. The van der Waals surface area contributed by atoms with Gasteiger partial charge in [-0.05, 0) is 0 Å². The standard InChI is InChI=1S/C11H15O4S.CH3ClO2S.CH3.Bi.H/c1-8-6-10(4-3-5-12)7-9(2)11(8)15-16(13)14;1-5(2,3)4;;;/h6-7,12H,3-5H2,1-2H3;1H3;1H3;;. The molecular weight excluding hydrogens is 561 g/mol. The molecule has 134 valence electrons. The first kappa shape index (κ1) is 23.1. The maximum absolute atomic E-state index is 11.6. The van der Waals surface area contributed by atoms with Crippen LogP contribution in [0.3, 0.4) is 0 Å². The predicted molar refractivity (Wildman–Crippen MR) is 94.6 cm³/mol. The fourth-order valence-electron chi connectivity index (χ4n) is 1.75. The van der Waals surface area contributed by atoms with Gasteiger partial charge in [0.15, 0.2) is 0 Å². The molecule has 23 heavy (non-hydrogen) atoms. The number of aliphatic hydroxyl groups is 1. The Kier molecular flexibility index (Phi) is 10.2. The quantitative estimate of drug-likeness (QED) is 0.404. The molecule has 0 aliphatic carbocycles. The van der Waals surface area contributed by atoms with Crippen LogP contribution in [0, 0.1) is 13.8 Å². The summed E-state index contributed by atoms with van der Waals surface area (Å²) in [5.74, 6) is 0.470. The number of rotatable bonds is 6. The van der Waals surface area contributed by atoms with Crippen LogP contribution >= 0.6 is 10.7 Å². The Balaban J connectivity index is 0.000000841. The molecule has 0 aromatic heterocycles. The van der Waals surface area contributed by atoms with Gasteiger partial charge in [-0.1, -0.05) is 0 Å². The molecule has 6 nitrogen and oxygen atoms in total. The van der Waals surface area contributed by atoms with Crippen molar-refractivity contribution in [3.63, 3.8) is 0 Å². The van der Waals surface area contributed by atoms with E-state index in [4.69, 9.17) is 9.29 Å². The number of aryl methyl sites for hydroxylation is 3. The normalized spacial score (nSPS) is 11.6. The fraction of sp³-hybridized carbons (Fsp3) is 0.538. The van der Waals surface area contributed by atoms with Crippen molar-refractivity contribution in [1.29, 1.82) is 0 Å². The summed E-state index contributed by atoms with van der Waals surface area (Å²) in [6, 6.07) is 3.86. The van der Waals surface area contributed by atoms with Crippen LogP contribution in [0.1, 0.15) is 23.1 Å². The molecule has 10 heteroatoms. The molecule has 0 saturated heterocycles. The zero-order chi connectivity index (χ0) is 18.3. The first-order valence-corrected chi connectivity index (χ1v) is 19.4. The zero-order valence-electron chi connectivity index (χ0n) is 13.5. The Labute approximate surface area is 152 Å². The Morgan fingerprint density at radius 2 is 1.61 bits per heavy atom. The van der Waals surface area contributed by atoms with Crippen molar-refractivity contribution in [3.8, 4) is 5.75 Å². The molecule has 0 fully saturated rings. The van der Waals surface area contributed by atoms with Crippen molar-refractivity contribution in [2.45, 2.75) is 31.3 Å². The van der Waals surface area contributed by atoms with E-state index in [2.05, 4.69) is 10.7 Å². The fourth-order valence-corrected chi connectivity index (χ4v) is 4.26. The van der Waals surface area contributed by atoms with E-state index in [0.29, 0.717) is 12.2 Å². The monoisotopic (exact) mass is 582 g/mol. The van der Waals surface area contributed by atoms with Crippen molar-refractivity contribution in [2.24, 2.45) is 0 Å². The van der Waals surface area contributed by atoms with Crippen LogP contribution in [0.4, 0.5) is 0 Å². The third-order valence-corrected chi connectivity index (χ3v) is 10.3. The van der Waals surface area contributed by atoms with Crippen molar-refractivity contribution in [3.05, 3.63) is 28.8 Å². The molecule has 0 atom stereocenters. The van der Waals surface area contributed by atoms with E-state index >= 15 is 0 Å². The van der Waals surface area contributed by atoms with E-state index in [1.165, 1.54) is 0 Å². The summed E-state index contributed by atoms with van der Waals surface area (Å²) in [7, 11) is 1.31. The van der Waals surface area contributed by atoms with Crippen molar-refractivity contribution >= 4 is 48.4 Å². The van der Waals surface area contributed by atoms with Crippen molar-refractivity contribution < 1.29 is 26.1 Å². The number of hydrogen-bond acceptors (Lipinski definition) is 6. The number of aliphatic hydroxyl groups excluding tert-OH is 1. The number of halogens is 1. The summed E-state index contributed by atoms with van der Waals surface area (Å²) >= 11 is -1.72. The molecule has 0 amide bonds. The number of benzene rings is 1. The Bertz CT molecular complexity index is 685. The maximum atomic E-state index is 11.6. The van der Waals surface area contributed by atoms with E-state index in [9.17, 15) is 16.8 Å². The van der Waals surface area contributed by atoms with E-state index in [-0.39, 0.29) is 6.61 Å². The minimum absolute atomic E-state index is 0.161. The van der Waals surface area contributed by atoms with Crippen molar-refractivity contribution in [2.75, 3.05) is 12.9 Å². The summed E-state index contributed by atoms with van der Waals surface area (Å²) in [4.78, 5) is 0. The summed E-state index contributed by atoms with van der Waals surface area (Å²) in [6.07, 6.45) is 2.42. The molecule has 0 aliphatic heterocycles. The molecule has 1 N–H and O–H groups in total. The molecule has 1 aromatic carbocycles. The van der Waals surface area contributed by atoms with E-state index < -0.39 is 37.7 Å². The Morgan fingerprint density at radius 1 is 1.17 bits per heavy atom. The van der Waals surface area contributed by atoms with Crippen LogP contribution in [0.15, 0.2) is 12.1 Å². The van der Waals surface area contributed by atoms with Crippen LogP contribution in [-0.4, -0.2) is 56.6 Å². The Hall–Kier alpha value is 0.0531. The van der Waals surface area contributed by atoms with Gasteiger partial charge in [0.25, 0.3) is 0 Å². The molecule has 1 rings (SSSR count). The molecule has 0 aliphatic rings. The van der Waals surface area contributed by atoms with Gasteiger partial charge in [-0.2, -0.15) is 0 Å². The second kappa shape index (κ2) is 10.1. The van der Waals surface area contributed by atoms with Gasteiger partial charge in [-0.25, -0.2) is 8.42 Å². The molecule has 0 radical (unpaired) electrons. The van der Waals surface area contributed by atoms with Crippen LogP contribution in [0.2, 0.25) is 4.63 Å². The SMILES string of the molecule is CS(=O)(=O)Cl.[CH3][BiH][S](=O)(=O)Oc1c(C)cc(CCCO)cc1C. The molecule has 0 bridgehead atoms. The minimum atomic E-state index is -3.29. The summed E-state index contributed by atoms with van der Waals surface area (Å²) in [5.41, 5.74) is 2.77. The molecule has 0 saturated carbocycles. The third-order valence-electron chi connectivity index (χ3n) is 2.59. The van der Waals surface area contributed by atoms with Crippen LogP contribution in [0.5, 0.6) is 5.75 Å². The average molecular weight is 583 g/mol. The van der Waals surface area contributed by atoms with Gasteiger partial charge in [-0.3, -0.25) is 0 Å². The van der Waals surface area contributed by atoms with Gasteiger partial charge in [-0.15, -0.1) is 0 Å². The van der Waals surface area contributed by atoms with Gasteiger partial charge in [0.05, 0.1) is 6.26 Å². The topological polar surface area (TPSA) is 97.7 Å². The predicted octanol–water partition coefficient (Wildman–Crippen LogP) is 1.52. The summed E-state index contributed by atoms with van der Waals surface area (Å²) in [6.45, 7) is 0.570. The average Bonchev–Trinajstić information content (AvgIpc) is 2.39.